The van der Waals surface area contributed by atoms with Gasteiger partial charge in [-0.25, -0.2) is 0 Å². The molecule has 21 heavy (non-hydrogen) atoms. The summed E-state index contributed by atoms with van der Waals surface area (Å²) in [7, 11) is 1.78. The normalized spacial score (nSPS) is 22.3. The van der Waals surface area contributed by atoms with Crippen molar-refractivity contribution in [2.24, 2.45) is 0 Å². The Balaban J connectivity index is 1.75. The zero-order valence-corrected chi connectivity index (χ0v) is 13.8. The van der Waals surface area contributed by atoms with E-state index in [9.17, 15) is 0 Å². The van der Waals surface area contributed by atoms with Crippen molar-refractivity contribution in [2.45, 2.75) is 38.8 Å². The Hall–Kier alpha value is -0.900. The fourth-order valence-electron chi connectivity index (χ4n) is 3.17. The van der Waals surface area contributed by atoms with Crippen LogP contribution in [0.15, 0.2) is 30.3 Å². The Labute approximate surface area is 129 Å². The molecule has 1 aromatic rings. The summed E-state index contributed by atoms with van der Waals surface area (Å²) in [5.41, 5.74) is 1.45. The van der Waals surface area contributed by atoms with Gasteiger partial charge in [0.2, 0.25) is 0 Å². The molecular weight excluding hydrogens is 260 g/mol. The highest BCUT2D eigenvalue weighted by Crippen LogP contribution is 2.15. The predicted molar refractivity (Wildman–Crippen MR) is 88.7 cm³/mol. The van der Waals surface area contributed by atoms with Crippen LogP contribution in [0.1, 0.15) is 25.8 Å². The van der Waals surface area contributed by atoms with Gasteiger partial charge in [-0.15, -0.1) is 0 Å². The molecule has 0 aliphatic carbocycles. The minimum absolute atomic E-state index is 0.632. The molecule has 0 aromatic heterocycles. The minimum Gasteiger partial charge on any atom is -0.383 e. The summed E-state index contributed by atoms with van der Waals surface area (Å²) < 4.78 is 5.20. The van der Waals surface area contributed by atoms with Crippen LogP contribution in [0.25, 0.3) is 0 Å². The van der Waals surface area contributed by atoms with Gasteiger partial charge in [0.15, 0.2) is 0 Å². The summed E-state index contributed by atoms with van der Waals surface area (Å²) >= 11 is 0. The van der Waals surface area contributed by atoms with Gasteiger partial charge in [-0.1, -0.05) is 30.3 Å². The minimum atomic E-state index is 0.632. The molecule has 2 atom stereocenters. The molecule has 1 aromatic carbocycles. The lowest BCUT2D eigenvalue weighted by Crippen LogP contribution is -2.54. The van der Waals surface area contributed by atoms with E-state index in [1.807, 2.05) is 0 Å². The van der Waals surface area contributed by atoms with Crippen molar-refractivity contribution in [3.63, 3.8) is 0 Å². The van der Waals surface area contributed by atoms with Gasteiger partial charge in [0, 0.05) is 45.4 Å². The van der Waals surface area contributed by atoms with Gasteiger partial charge in [0.1, 0.15) is 0 Å². The summed E-state index contributed by atoms with van der Waals surface area (Å²) in [4.78, 5) is 5.20. The summed E-state index contributed by atoms with van der Waals surface area (Å²) in [6, 6.07) is 12.1. The van der Waals surface area contributed by atoms with E-state index in [4.69, 9.17) is 4.74 Å². The van der Waals surface area contributed by atoms with Crippen LogP contribution in [0, 0.1) is 0 Å². The number of methoxy groups -OCH3 is 1. The topological polar surface area (TPSA) is 15.7 Å². The van der Waals surface area contributed by atoms with Gasteiger partial charge in [-0.05, 0) is 32.3 Å². The summed E-state index contributed by atoms with van der Waals surface area (Å²) in [5.74, 6) is 0. The number of aryl methyl sites for hydroxylation is 1. The van der Waals surface area contributed by atoms with Gasteiger partial charge in [-0.3, -0.25) is 9.80 Å². The van der Waals surface area contributed by atoms with Crippen molar-refractivity contribution in [3.8, 4) is 0 Å². The molecule has 0 bridgehead atoms. The second-order valence-electron chi connectivity index (χ2n) is 6.25. The van der Waals surface area contributed by atoms with Crippen LogP contribution in [-0.4, -0.2) is 61.8 Å². The third kappa shape index (κ3) is 5.10. The summed E-state index contributed by atoms with van der Waals surface area (Å²) in [6.45, 7) is 10.1. The molecule has 0 radical (unpaired) electrons. The quantitative estimate of drug-likeness (QED) is 0.768. The zero-order chi connectivity index (χ0) is 15.1. The van der Waals surface area contributed by atoms with Crippen LogP contribution in [-0.2, 0) is 11.2 Å². The van der Waals surface area contributed by atoms with E-state index in [1.165, 1.54) is 38.0 Å². The van der Waals surface area contributed by atoms with Crippen molar-refractivity contribution < 1.29 is 4.74 Å². The maximum atomic E-state index is 5.20. The fraction of sp³-hybridized carbons (Fsp3) is 0.667. The van der Waals surface area contributed by atoms with Crippen LogP contribution in [0.5, 0.6) is 0 Å². The third-order valence-electron chi connectivity index (χ3n) is 4.70. The SMILES string of the molecule is COCCN1CCN([C@@H](C)CCc2ccccc2)C[C@H]1C. The lowest BCUT2D eigenvalue weighted by molar-refractivity contribution is 0.0405. The highest BCUT2D eigenvalue weighted by Gasteiger charge is 2.25. The molecule has 2 rings (SSSR count). The monoisotopic (exact) mass is 290 g/mol. The average Bonchev–Trinajstić information content (AvgIpc) is 2.52. The smallest absolute Gasteiger partial charge is 0.0589 e. The van der Waals surface area contributed by atoms with Gasteiger partial charge < -0.3 is 4.74 Å². The molecule has 1 aliphatic heterocycles. The number of ether oxygens (including phenoxy) is 1. The van der Waals surface area contributed by atoms with Crippen LogP contribution in [0.3, 0.4) is 0 Å². The molecule has 0 amide bonds. The van der Waals surface area contributed by atoms with E-state index >= 15 is 0 Å². The second kappa shape index (κ2) is 8.52. The van der Waals surface area contributed by atoms with Gasteiger partial charge in [0.25, 0.3) is 0 Å². The molecule has 0 unspecified atom stereocenters. The first-order chi connectivity index (χ1) is 10.2. The average molecular weight is 290 g/mol. The van der Waals surface area contributed by atoms with Crippen LogP contribution >= 0.6 is 0 Å². The van der Waals surface area contributed by atoms with Crippen molar-refractivity contribution in [2.75, 3.05) is 39.9 Å². The molecule has 1 heterocycles. The highest BCUT2D eigenvalue weighted by atomic mass is 16.5. The predicted octanol–water partition coefficient (Wildman–Crippen LogP) is 2.66. The number of piperazine rings is 1. The molecular formula is C18H30N2O. The standard InChI is InChI=1S/C18H30N2O/c1-16(9-10-18-7-5-4-6-8-18)20-12-11-19(13-14-21-3)17(2)15-20/h4-8,16-17H,9-15H2,1-3H3/t16-,17+/m0/s1. The molecule has 3 heteroatoms. The number of hydrogen-bond acceptors (Lipinski definition) is 3. The van der Waals surface area contributed by atoms with Crippen molar-refractivity contribution in [1.29, 1.82) is 0 Å². The second-order valence-corrected chi connectivity index (χ2v) is 6.25. The Morgan fingerprint density at radius 2 is 2.00 bits per heavy atom. The van der Waals surface area contributed by atoms with E-state index in [0.717, 1.165) is 13.2 Å². The van der Waals surface area contributed by atoms with E-state index in [2.05, 4.69) is 54.0 Å². The first-order valence-electron chi connectivity index (χ1n) is 8.21. The first kappa shape index (κ1) is 16.5. The number of nitrogens with zero attached hydrogens (tertiary/aromatic N) is 2. The number of rotatable bonds is 7. The Morgan fingerprint density at radius 1 is 1.24 bits per heavy atom. The van der Waals surface area contributed by atoms with E-state index < -0.39 is 0 Å². The van der Waals surface area contributed by atoms with E-state index in [-0.39, 0.29) is 0 Å². The Morgan fingerprint density at radius 3 is 2.67 bits per heavy atom. The Kier molecular flexibility index (Phi) is 6.68. The summed E-state index contributed by atoms with van der Waals surface area (Å²) in [6.07, 6.45) is 2.43. The number of benzene rings is 1. The van der Waals surface area contributed by atoms with Gasteiger partial charge in [-0.2, -0.15) is 0 Å². The lowest BCUT2D eigenvalue weighted by Gasteiger charge is -2.42. The molecule has 0 saturated carbocycles. The van der Waals surface area contributed by atoms with Crippen molar-refractivity contribution in [1.82, 2.24) is 9.80 Å². The molecule has 1 aliphatic rings. The molecule has 0 spiro atoms. The maximum Gasteiger partial charge on any atom is 0.0589 e. The molecule has 1 fully saturated rings. The van der Waals surface area contributed by atoms with Crippen molar-refractivity contribution in [3.05, 3.63) is 35.9 Å². The third-order valence-corrected chi connectivity index (χ3v) is 4.70. The van der Waals surface area contributed by atoms with Gasteiger partial charge in [0.05, 0.1) is 6.61 Å². The number of hydrogen-bond donors (Lipinski definition) is 0. The maximum absolute atomic E-state index is 5.20. The van der Waals surface area contributed by atoms with E-state index in [1.54, 1.807) is 7.11 Å². The highest BCUT2D eigenvalue weighted by molar-refractivity contribution is 5.14. The zero-order valence-electron chi connectivity index (χ0n) is 13.8. The molecule has 118 valence electrons. The molecule has 0 N–H and O–H groups in total. The van der Waals surface area contributed by atoms with E-state index in [0.29, 0.717) is 12.1 Å². The fourth-order valence-corrected chi connectivity index (χ4v) is 3.17. The Bertz CT molecular complexity index is 395. The summed E-state index contributed by atoms with van der Waals surface area (Å²) in [5, 5.41) is 0. The first-order valence-corrected chi connectivity index (χ1v) is 8.21. The van der Waals surface area contributed by atoms with Crippen molar-refractivity contribution >= 4 is 0 Å². The van der Waals surface area contributed by atoms with Crippen LogP contribution in [0.4, 0.5) is 0 Å². The van der Waals surface area contributed by atoms with Crippen LogP contribution < -0.4 is 0 Å². The largest absolute Gasteiger partial charge is 0.383 e. The van der Waals surface area contributed by atoms with Crippen LogP contribution in [0.2, 0.25) is 0 Å². The molecule has 1 saturated heterocycles. The molecule has 3 nitrogen and oxygen atoms in total. The lowest BCUT2D eigenvalue weighted by atomic mass is 10.0. The van der Waals surface area contributed by atoms with Gasteiger partial charge >= 0.3 is 0 Å².